The van der Waals surface area contributed by atoms with Gasteiger partial charge >= 0.3 is 0 Å². The number of aliphatic hydroxyl groups excluding tert-OH is 1. The molecule has 0 aliphatic heterocycles. The van der Waals surface area contributed by atoms with Crippen LogP contribution in [0.5, 0.6) is 0 Å². The van der Waals surface area contributed by atoms with Crippen LogP contribution >= 0.6 is 27.3 Å². The van der Waals surface area contributed by atoms with Crippen LogP contribution in [-0.2, 0) is 0 Å². The van der Waals surface area contributed by atoms with Gasteiger partial charge in [0, 0.05) is 0 Å². The van der Waals surface area contributed by atoms with Gasteiger partial charge in [-0.3, -0.25) is 0 Å². The van der Waals surface area contributed by atoms with Crippen LogP contribution in [0.1, 0.15) is 18.9 Å². The normalized spacial score (nSPS) is 13.1. The number of halogens is 1. The highest BCUT2D eigenvalue weighted by Crippen LogP contribution is 2.29. The minimum Gasteiger partial charge on any atom is -0.384 e. The number of hydrogen-bond donors (Lipinski definition) is 1. The molecule has 6 heteroatoms. The molecule has 4 nitrogen and oxygen atoms in total. The fourth-order valence-corrected chi connectivity index (χ4v) is 2.25. The van der Waals surface area contributed by atoms with E-state index in [1.54, 1.807) is 6.92 Å². The van der Waals surface area contributed by atoms with Gasteiger partial charge in [-0.1, -0.05) is 5.16 Å². The van der Waals surface area contributed by atoms with Gasteiger partial charge in [0.25, 0.3) is 5.89 Å². The SMILES string of the molecule is C[C@H](O)c1nc(-c2ccc(Br)s2)no1. The monoisotopic (exact) mass is 274 g/mol. The van der Waals surface area contributed by atoms with Gasteiger partial charge < -0.3 is 9.63 Å². The van der Waals surface area contributed by atoms with E-state index in [2.05, 4.69) is 26.1 Å². The summed E-state index contributed by atoms with van der Waals surface area (Å²) in [5.41, 5.74) is 0. The Bertz CT molecular complexity index is 438. The molecule has 2 aromatic heterocycles. The zero-order valence-corrected chi connectivity index (χ0v) is 9.67. The number of hydrogen-bond acceptors (Lipinski definition) is 5. The molecule has 74 valence electrons. The quantitative estimate of drug-likeness (QED) is 0.915. The fourth-order valence-electron chi connectivity index (χ4n) is 0.939. The number of aliphatic hydroxyl groups is 1. The van der Waals surface area contributed by atoms with Crippen LogP contribution in [0, 0.1) is 0 Å². The first-order valence-corrected chi connectivity index (χ1v) is 5.55. The molecule has 2 heterocycles. The summed E-state index contributed by atoms with van der Waals surface area (Å²) in [6.07, 6.45) is -0.723. The van der Waals surface area contributed by atoms with Crippen molar-refractivity contribution in [3.8, 4) is 10.7 Å². The van der Waals surface area contributed by atoms with Gasteiger partial charge in [-0.05, 0) is 35.0 Å². The van der Waals surface area contributed by atoms with Crippen molar-refractivity contribution in [3.63, 3.8) is 0 Å². The molecule has 0 spiro atoms. The Morgan fingerprint density at radius 3 is 2.86 bits per heavy atom. The summed E-state index contributed by atoms with van der Waals surface area (Å²) in [4.78, 5) is 4.96. The van der Waals surface area contributed by atoms with Crippen LogP contribution in [-0.4, -0.2) is 15.2 Å². The first-order chi connectivity index (χ1) is 6.66. The van der Waals surface area contributed by atoms with E-state index in [0.717, 1.165) is 8.66 Å². The van der Waals surface area contributed by atoms with E-state index in [1.165, 1.54) is 11.3 Å². The van der Waals surface area contributed by atoms with Crippen molar-refractivity contribution in [2.24, 2.45) is 0 Å². The van der Waals surface area contributed by atoms with E-state index in [-0.39, 0.29) is 5.89 Å². The average Bonchev–Trinajstić information content (AvgIpc) is 2.70. The van der Waals surface area contributed by atoms with Crippen molar-refractivity contribution >= 4 is 27.3 Å². The van der Waals surface area contributed by atoms with Gasteiger partial charge in [0.15, 0.2) is 0 Å². The molecule has 0 aromatic carbocycles. The third-order valence-corrected chi connectivity index (χ3v) is 3.21. The lowest BCUT2D eigenvalue weighted by atomic mass is 10.4. The summed E-state index contributed by atoms with van der Waals surface area (Å²) in [6.45, 7) is 1.58. The Kier molecular flexibility index (Phi) is 2.66. The summed E-state index contributed by atoms with van der Waals surface area (Å²) in [7, 11) is 0. The first kappa shape index (κ1) is 9.82. The molecule has 0 unspecified atom stereocenters. The molecule has 2 rings (SSSR count). The standard InChI is InChI=1S/C8H7BrN2O2S/c1-4(12)8-10-7(11-13-8)5-2-3-6(9)14-5/h2-4,12H,1H3/t4-/m0/s1. The molecule has 14 heavy (non-hydrogen) atoms. The summed E-state index contributed by atoms with van der Waals surface area (Å²) < 4.78 is 5.88. The van der Waals surface area contributed by atoms with E-state index in [0.29, 0.717) is 5.82 Å². The smallest absolute Gasteiger partial charge is 0.255 e. The van der Waals surface area contributed by atoms with Crippen molar-refractivity contribution in [3.05, 3.63) is 21.8 Å². The van der Waals surface area contributed by atoms with Crippen molar-refractivity contribution < 1.29 is 9.63 Å². The number of aromatic nitrogens is 2. The van der Waals surface area contributed by atoms with Gasteiger partial charge in [-0.25, -0.2) is 0 Å². The summed E-state index contributed by atoms with van der Waals surface area (Å²) in [6, 6.07) is 3.81. The van der Waals surface area contributed by atoms with Crippen LogP contribution in [0.4, 0.5) is 0 Å². The molecule has 0 saturated carbocycles. The second kappa shape index (κ2) is 3.80. The molecule has 0 aliphatic carbocycles. The van der Waals surface area contributed by atoms with Crippen LogP contribution in [0.2, 0.25) is 0 Å². The predicted octanol–water partition coefficient (Wildman–Crippen LogP) is 2.61. The average molecular weight is 275 g/mol. The molecule has 2 aromatic rings. The van der Waals surface area contributed by atoms with E-state index in [9.17, 15) is 5.11 Å². The third-order valence-electron chi connectivity index (χ3n) is 1.59. The Morgan fingerprint density at radius 1 is 1.57 bits per heavy atom. The molecule has 1 atom stereocenters. The molecule has 1 N–H and O–H groups in total. The summed E-state index contributed by atoms with van der Waals surface area (Å²) >= 11 is 4.86. The van der Waals surface area contributed by atoms with E-state index in [1.807, 2.05) is 12.1 Å². The van der Waals surface area contributed by atoms with Crippen molar-refractivity contribution in [2.45, 2.75) is 13.0 Å². The molecule has 0 amide bonds. The van der Waals surface area contributed by atoms with Gasteiger partial charge in [-0.15, -0.1) is 11.3 Å². The zero-order chi connectivity index (χ0) is 10.1. The maximum Gasteiger partial charge on any atom is 0.255 e. The Hall–Kier alpha value is -0.720. The molecular weight excluding hydrogens is 268 g/mol. The summed E-state index contributed by atoms with van der Waals surface area (Å²) in [5, 5.41) is 13.0. The highest BCUT2D eigenvalue weighted by molar-refractivity contribution is 9.11. The van der Waals surface area contributed by atoms with Crippen molar-refractivity contribution in [1.29, 1.82) is 0 Å². The molecule has 0 fully saturated rings. The molecular formula is C8H7BrN2O2S. The largest absolute Gasteiger partial charge is 0.384 e. The maximum atomic E-state index is 9.19. The Balaban J connectivity index is 2.33. The second-order valence-corrected chi connectivity index (χ2v) is 5.20. The van der Waals surface area contributed by atoms with Crippen LogP contribution < -0.4 is 0 Å². The van der Waals surface area contributed by atoms with E-state index in [4.69, 9.17) is 4.52 Å². The van der Waals surface area contributed by atoms with Gasteiger partial charge in [-0.2, -0.15) is 4.98 Å². The Labute approximate surface area is 92.7 Å². The fraction of sp³-hybridized carbons (Fsp3) is 0.250. The van der Waals surface area contributed by atoms with Crippen molar-refractivity contribution in [2.75, 3.05) is 0 Å². The van der Waals surface area contributed by atoms with Crippen LogP contribution in [0.15, 0.2) is 20.4 Å². The molecule has 0 aliphatic rings. The maximum absolute atomic E-state index is 9.19. The topological polar surface area (TPSA) is 59.2 Å². The minimum atomic E-state index is -0.723. The summed E-state index contributed by atoms with van der Waals surface area (Å²) in [5.74, 6) is 0.751. The van der Waals surface area contributed by atoms with Gasteiger partial charge in [0.1, 0.15) is 6.10 Å². The van der Waals surface area contributed by atoms with Crippen LogP contribution in [0.25, 0.3) is 10.7 Å². The van der Waals surface area contributed by atoms with Crippen LogP contribution in [0.3, 0.4) is 0 Å². The zero-order valence-electron chi connectivity index (χ0n) is 7.27. The minimum absolute atomic E-state index is 0.240. The lowest BCUT2D eigenvalue weighted by Crippen LogP contribution is -1.89. The number of thiophene rings is 1. The molecule has 0 saturated heterocycles. The highest BCUT2D eigenvalue weighted by atomic mass is 79.9. The highest BCUT2D eigenvalue weighted by Gasteiger charge is 2.13. The van der Waals surface area contributed by atoms with E-state index >= 15 is 0 Å². The lowest BCUT2D eigenvalue weighted by Gasteiger charge is -1.91. The van der Waals surface area contributed by atoms with Gasteiger partial charge in [0.05, 0.1) is 8.66 Å². The first-order valence-electron chi connectivity index (χ1n) is 3.94. The Morgan fingerprint density at radius 2 is 2.36 bits per heavy atom. The lowest BCUT2D eigenvalue weighted by molar-refractivity contribution is 0.152. The number of nitrogens with zero attached hydrogens (tertiary/aromatic N) is 2. The molecule has 0 radical (unpaired) electrons. The predicted molar refractivity (Wildman–Crippen MR) is 55.9 cm³/mol. The third kappa shape index (κ3) is 1.87. The molecule has 0 bridgehead atoms. The van der Waals surface area contributed by atoms with Gasteiger partial charge in [0.2, 0.25) is 5.82 Å². The number of rotatable bonds is 2. The second-order valence-electron chi connectivity index (χ2n) is 2.74. The van der Waals surface area contributed by atoms with Crippen molar-refractivity contribution in [1.82, 2.24) is 10.1 Å². The van der Waals surface area contributed by atoms with E-state index < -0.39 is 6.10 Å².